The fourth-order valence-corrected chi connectivity index (χ4v) is 3.20. The third kappa shape index (κ3) is 3.32. The van der Waals surface area contributed by atoms with Crippen molar-refractivity contribution in [2.45, 2.75) is 20.3 Å². The highest BCUT2D eigenvalue weighted by Gasteiger charge is 2.10. The molecule has 0 saturated carbocycles. The number of thiazole rings is 1. The highest BCUT2D eigenvalue weighted by atomic mass is 79.9. The molecule has 0 spiro atoms. The molecule has 0 aliphatic heterocycles. The minimum atomic E-state index is 0.368. The molecule has 0 atom stereocenters. The maximum Gasteiger partial charge on any atom is 0.187 e. The van der Waals surface area contributed by atoms with Crippen molar-refractivity contribution >= 4 is 55.3 Å². The van der Waals surface area contributed by atoms with E-state index in [1.165, 1.54) is 4.88 Å². The van der Waals surface area contributed by atoms with Crippen molar-refractivity contribution in [2.75, 3.05) is 5.32 Å². The summed E-state index contributed by atoms with van der Waals surface area (Å²) in [5.74, 6) is 0. The number of hydrogen-bond donors (Lipinski definition) is 2. The Bertz CT molecular complexity index is 622. The van der Waals surface area contributed by atoms with E-state index in [0.29, 0.717) is 4.99 Å². The van der Waals surface area contributed by atoms with Gasteiger partial charge in [-0.25, -0.2) is 4.98 Å². The zero-order valence-electron chi connectivity index (χ0n) is 10.7. The number of halogens is 1. The van der Waals surface area contributed by atoms with Gasteiger partial charge < -0.3 is 11.1 Å². The first kappa shape index (κ1) is 14.4. The second-order valence-electron chi connectivity index (χ2n) is 4.05. The van der Waals surface area contributed by atoms with Crippen molar-refractivity contribution < 1.29 is 0 Å². The number of aryl methyl sites for hydroxylation is 2. The Labute approximate surface area is 130 Å². The van der Waals surface area contributed by atoms with Gasteiger partial charge in [-0.15, -0.1) is 11.3 Å². The number of nitrogens with one attached hydrogen (secondary N) is 1. The lowest BCUT2D eigenvalue weighted by atomic mass is 10.2. The van der Waals surface area contributed by atoms with Gasteiger partial charge in [0, 0.05) is 14.9 Å². The van der Waals surface area contributed by atoms with Crippen LogP contribution in [-0.2, 0) is 6.42 Å². The normalized spacial score (nSPS) is 10.5. The first-order chi connectivity index (χ1) is 9.01. The van der Waals surface area contributed by atoms with Crippen LogP contribution < -0.4 is 11.1 Å². The molecule has 1 heterocycles. The van der Waals surface area contributed by atoms with Gasteiger partial charge in [0.2, 0.25) is 0 Å². The van der Waals surface area contributed by atoms with Crippen molar-refractivity contribution in [1.29, 1.82) is 0 Å². The molecule has 6 heteroatoms. The van der Waals surface area contributed by atoms with E-state index in [9.17, 15) is 0 Å². The Morgan fingerprint density at radius 3 is 2.84 bits per heavy atom. The molecule has 3 N–H and O–H groups in total. The largest absolute Gasteiger partial charge is 0.389 e. The van der Waals surface area contributed by atoms with Gasteiger partial charge in [-0.3, -0.25) is 0 Å². The van der Waals surface area contributed by atoms with Gasteiger partial charge in [-0.1, -0.05) is 35.1 Å². The Balaban J connectivity index is 2.34. The zero-order chi connectivity index (χ0) is 14.0. The van der Waals surface area contributed by atoms with E-state index in [4.69, 9.17) is 18.0 Å². The van der Waals surface area contributed by atoms with Gasteiger partial charge >= 0.3 is 0 Å². The van der Waals surface area contributed by atoms with E-state index in [0.717, 1.165) is 33.0 Å². The molecule has 0 saturated heterocycles. The van der Waals surface area contributed by atoms with Crippen LogP contribution in [0.5, 0.6) is 0 Å². The van der Waals surface area contributed by atoms with E-state index in [-0.39, 0.29) is 0 Å². The van der Waals surface area contributed by atoms with Gasteiger partial charge in [0.25, 0.3) is 0 Å². The molecular formula is C13H14BrN3S2. The molecule has 0 amide bonds. The average Bonchev–Trinajstić information content (AvgIpc) is 2.71. The number of nitrogens with zero attached hydrogens (tertiary/aromatic N) is 1. The van der Waals surface area contributed by atoms with Crippen molar-refractivity contribution in [2.24, 2.45) is 5.73 Å². The summed E-state index contributed by atoms with van der Waals surface area (Å²) < 4.78 is 0.949. The second kappa shape index (κ2) is 5.98. The molecular weight excluding hydrogens is 342 g/mol. The number of rotatable bonds is 4. The summed E-state index contributed by atoms with van der Waals surface area (Å²) in [5, 5.41) is 4.17. The van der Waals surface area contributed by atoms with E-state index in [1.807, 2.05) is 18.2 Å². The standard InChI is InChI=1S/C13H14BrN3S2/c1-3-10-7(2)19-13(16-10)17-11-5-4-8(14)6-9(11)12(15)18/h4-6H,3H2,1-2H3,(H2,15,18)(H,16,17). The minimum Gasteiger partial charge on any atom is -0.389 e. The maximum atomic E-state index is 5.75. The number of benzene rings is 1. The molecule has 0 bridgehead atoms. The molecule has 2 rings (SSSR count). The van der Waals surface area contributed by atoms with Crippen molar-refractivity contribution in [1.82, 2.24) is 4.98 Å². The second-order valence-corrected chi connectivity index (χ2v) is 6.61. The van der Waals surface area contributed by atoms with Gasteiger partial charge in [0.1, 0.15) is 4.99 Å². The summed E-state index contributed by atoms with van der Waals surface area (Å²) in [5.41, 5.74) is 8.58. The number of aromatic nitrogens is 1. The minimum absolute atomic E-state index is 0.368. The van der Waals surface area contributed by atoms with Gasteiger partial charge in [-0.2, -0.15) is 0 Å². The Morgan fingerprint density at radius 2 is 2.26 bits per heavy atom. The Kier molecular flexibility index (Phi) is 4.54. The van der Waals surface area contributed by atoms with E-state index in [2.05, 4.69) is 40.1 Å². The lowest BCUT2D eigenvalue weighted by molar-refractivity contribution is 1.05. The fraction of sp³-hybridized carbons (Fsp3) is 0.231. The number of hydrogen-bond acceptors (Lipinski definition) is 4. The van der Waals surface area contributed by atoms with Gasteiger partial charge in [0.05, 0.1) is 11.4 Å². The lowest BCUT2D eigenvalue weighted by Crippen LogP contribution is -2.11. The summed E-state index contributed by atoms with van der Waals surface area (Å²) in [6, 6.07) is 5.80. The Hall–Kier alpha value is -0.980. The Morgan fingerprint density at radius 1 is 1.53 bits per heavy atom. The van der Waals surface area contributed by atoms with Crippen LogP contribution >= 0.6 is 39.5 Å². The lowest BCUT2D eigenvalue weighted by Gasteiger charge is -2.09. The number of thiocarbonyl (C=S) groups is 1. The summed E-state index contributed by atoms with van der Waals surface area (Å²) in [4.78, 5) is 6.16. The molecule has 0 fully saturated rings. The van der Waals surface area contributed by atoms with Crippen LogP contribution in [0.1, 0.15) is 23.1 Å². The molecule has 100 valence electrons. The molecule has 1 aromatic heterocycles. The monoisotopic (exact) mass is 355 g/mol. The van der Waals surface area contributed by atoms with Crippen LogP contribution in [0.3, 0.4) is 0 Å². The molecule has 3 nitrogen and oxygen atoms in total. The summed E-state index contributed by atoms with van der Waals surface area (Å²) in [7, 11) is 0. The number of nitrogens with two attached hydrogens (primary N) is 1. The molecule has 2 aromatic rings. The fourth-order valence-electron chi connectivity index (χ4n) is 1.75. The van der Waals surface area contributed by atoms with Gasteiger partial charge in [0.15, 0.2) is 5.13 Å². The zero-order valence-corrected chi connectivity index (χ0v) is 13.9. The van der Waals surface area contributed by atoms with Crippen LogP contribution in [0, 0.1) is 6.92 Å². The molecule has 0 unspecified atom stereocenters. The smallest absolute Gasteiger partial charge is 0.187 e. The topological polar surface area (TPSA) is 50.9 Å². The first-order valence-corrected chi connectivity index (χ1v) is 7.85. The summed E-state index contributed by atoms with van der Waals surface area (Å²) in [6.07, 6.45) is 0.937. The third-order valence-electron chi connectivity index (χ3n) is 2.72. The molecule has 0 aliphatic rings. The average molecular weight is 356 g/mol. The quantitative estimate of drug-likeness (QED) is 0.808. The van der Waals surface area contributed by atoms with Crippen LogP contribution in [0.15, 0.2) is 22.7 Å². The highest BCUT2D eigenvalue weighted by molar-refractivity contribution is 9.10. The van der Waals surface area contributed by atoms with E-state index >= 15 is 0 Å². The van der Waals surface area contributed by atoms with Gasteiger partial charge in [-0.05, 0) is 31.5 Å². The van der Waals surface area contributed by atoms with Crippen LogP contribution in [-0.4, -0.2) is 9.97 Å². The predicted molar refractivity (Wildman–Crippen MR) is 89.5 cm³/mol. The van der Waals surface area contributed by atoms with Crippen LogP contribution in [0.25, 0.3) is 0 Å². The maximum absolute atomic E-state index is 5.75. The van der Waals surface area contributed by atoms with Crippen molar-refractivity contribution in [3.8, 4) is 0 Å². The number of anilines is 2. The summed E-state index contributed by atoms with van der Waals surface area (Å²) >= 11 is 10.1. The highest BCUT2D eigenvalue weighted by Crippen LogP contribution is 2.28. The first-order valence-electron chi connectivity index (χ1n) is 5.84. The molecule has 0 aliphatic carbocycles. The predicted octanol–water partition coefficient (Wildman–Crippen LogP) is 4.15. The summed E-state index contributed by atoms with van der Waals surface area (Å²) in [6.45, 7) is 4.18. The van der Waals surface area contributed by atoms with Crippen LogP contribution in [0.4, 0.5) is 10.8 Å². The molecule has 19 heavy (non-hydrogen) atoms. The molecule has 0 radical (unpaired) electrons. The molecule has 1 aromatic carbocycles. The third-order valence-corrected chi connectivity index (χ3v) is 4.36. The van der Waals surface area contributed by atoms with Crippen LogP contribution in [0.2, 0.25) is 0 Å². The van der Waals surface area contributed by atoms with E-state index in [1.54, 1.807) is 11.3 Å². The van der Waals surface area contributed by atoms with Crippen molar-refractivity contribution in [3.63, 3.8) is 0 Å². The van der Waals surface area contributed by atoms with E-state index < -0.39 is 0 Å². The SMILES string of the molecule is CCc1nc(Nc2ccc(Br)cc2C(N)=S)sc1C. The van der Waals surface area contributed by atoms with Crippen molar-refractivity contribution in [3.05, 3.63) is 38.8 Å².